The molecule has 3 fully saturated rings. The number of halogens is 1. The number of amides is 1. The lowest BCUT2D eigenvalue weighted by molar-refractivity contribution is -0.213. The van der Waals surface area contributed by atoms with Crippen LogP contribution >= 0.6 is 0 Å². The van der Waals surface area contributed by atoms with Gasteiger partial charge in [0.2, 0.25) is 0 Å². The highest BCUT2D eigenvalue weighted by atomic mass is 19.1. The van der Waals surface area contributed by atoms with Crippen LogP contribution in [0.1, 0.15) is 41.7 Å². The summed E-state index contributed by atoms with van der Waals surface area (Å²) in [7, 11) is 1.51. The molecule has 2 aliphatic carbocycles. The molecule has 1 amide bonds. The number of anilines is 1. The molecule has 156 valence electrons. The minimum atomic E-state index is -0.492. The predicted octanol–water partition coefficient (Wildman–Crippen LogP) is 2.61. The summed E-state index contributed by atoms with van der Waals surface area (Å²) < 4.78 is 27.4. The van der Waals surface area contributed by atoms with Crippen LogP contribution in [0.2, 0.25) is 0 Å². The minimum absolute atomic E-state index is 0.126. The second-order valence-electron chi connectivity index (χ2n) is 8.45. The van der Waals surface area contributed by atoms with Crippen molar-refractivity contribution < 1.29 is 18.7 Å². The molecule has 1 aromatic heterocycles. The molecule has 0 N–H and O–H groups in total. The van der Waals surface area contributed by atoms with Crippen LogP contribution in [0.25, 0.3) is 0 Å². The summed E-state index contributed by atoms with van der Waals surface area (Å²) in [6, 6.07) is 4.54. The van der Waals surface area contributed by atoms with Gasteiger partial charge < -0.3 is 14.4 Å². The van der Waals surface area contributed by atoms with E-state index in [0.29, 0.717) is 31.2 Å². The fourth-order valence-corrected chi connectivity index (χ4v) is 3.38. The lowest BCUT2D eigenvalue weighted by atomic mass is 10.1. The molecule has 1 aliphatic heterocycles. The Morgan fingerprint density at radius 2 is 2.10 bits per heavy atom. The van der Waals surface area contributed by atoms with Crippen molar-refractivity contribution >= 4 is 11.6 Å². The van der Waals surface area contributed by atoms with Crippen LogP contribution in [0.15, 0.2) is 24.4 Å². The zero-order valence-corrected chi connectivity index (χ0v) is 16.8. The summed E-state index contributed by atoms with van der Waals surface area (Å²) in [5.74, 6) is 5.70. The van der Waals surface area contributed by atoms with Crippen molar-refractivity contribution in [1.82, 2.24) is 15.0 Å². The van der Waals surface area contributed by atoms with E-state index in [2.05, 4.69) is 22.2 Å². The van der Waals surface area contributed by atoms with Crippen molar-refractivity contribution in [3.8, 4) is 11.8 Å². The van der Waals surface area contributed by atoms with Crippen LogP contribution in [-0.4, -0.2) is 47.5 Å². The third-order valence-electron chi connectivity index (χ3n) is 5.81. The Kier molecular flexibility index (Phi) is 4.80. The van der Waals surface area contributed by atoms with Gasteiger partial charge in [-0.1, -0.05) is 17.1 Å². The molecule has 0 bridgehead atoms. The zero-order valence-electron chi connectivity index (χ0n) is 16.8. The zero-order chi connectivity index (χ0) is 20.7. The molecule has 2 saturated carbocycles. The van der Waals surface area contributed by atoms with E-state index in [1.54, 1.807) is 12.1 Å². The van der Waals surface area contributed by atoms with Gasteiger partial charge >= 0.3 is 0 Å². The van der Waals surface area contributed by atoms with Gasteiger partial charge in [0, 0.05) is 23.9 Å². The van der Waals surface area contributed by atoms with E-state index in [0.717, 1.165) is 25.7 Å². The minimum Gasteiger partial charge on any atom is -0.350 e. The van der Waals surface area contributed by atoms with Gasteiger partial charge in [-0.15, -0.1) is 5.10 Å². The van der Waals surface area contributed by atoms with Gasteiger partial charge in [-0.3, -0.25) is 4.79 Å². The molecule has 5 rings (SSSR count). The van der Waals surface area contributed by atoms with Crippen molar-refractivity contribution in [2.45, 2.75) is 38.5 Å². The third kappa shape index (κ3) is 4.09. The van der Waals surface area contributed by atoms with Crippen molar-refractivity contribution in [1.29, 1.82) is 0 Å². The van der Waals surface area contributed by atoms with Crippen LogP contribution in [-0.2, 0) is 16.0 Å². The van der Waals surface area contributed by atoms with Gasteiger partial charge in [0.15, 0.2) is 12.0 Å². The van der Waals surface area contributed by atoms with Crippen LogP contribution in [0.5, 0.6) is 0 Å². The normalized spacial score (nSPS) is 19.9. The van der Waals surface area contributed by atoms with E-state index in [9.17, 15) is 9.18 Å². The number of hydrogen-bond donors (Lipinski definition) is 0. The van der Waals surface area contributed by atoms with Crippen LogP contribution < -0.4 is 4.90 Å². The maximum Gasteiger partial charge on any atom is 0.280 e. The highest BCUT2D eigenvalue weighted by Gasteiger charge is 2.47. The number of aromatic nitrogens is 3. The third-order valence-corrected chi connectivity index (χ3v) is 5.81. The van der Waals surface area contributed by atoms with E-state index in [4.69, 9.17) is 9.47 Å². The first-order valence-corrected chi connectivity index (χ1v) is 10.2. The number of rotatable bonds is 4. The summed E-state index contributed by atoms with van der Waals surface area (Å²) in [5.41, 5.74) is 1.19. The molecule has 2 heterocycles. The maximum absolute atomic E-state index is 14.4. The molecule has 7 nitrogen and oxygen atoms in total. The monoisotopic (exact) mass is 410 g/mol. The molecule has 2 aromatic rings. The fraction of sp³-hybridized carbons (Fsp3) is 0.500. The molecule has 1 saturated heterocycles. The average molecular weight is 410 g/mol. The van der Waals surface area contributed by atoms with Crippen LogP contribution in [0, 0.1) is 29.0 Å². The number of carbonyl (C=O) groups excluding carboxylic acids is 1. The first kappa shape index (κ1) is 19.2. The number of hydrogen-bond acceptors (Lipinski definition) is 5. The molecular formula is C22H23FN4O3. The van der Waals surface area contributed by atoms with Gasteiger partial charge in [0.05, 0.1) is 31.6 Å². The van der Waals surface area contributed by atoms with Gasteiger partial charge in [-0.05, 0) is 43.9 Å². The van der Waals surface area contributed by atoms with Crippen LogP contribution in [0.3, 0.4) is 0 Å². The topological polar surface area (TPSA) is 69.5 Å². The van der Waals surface area contributed by atoms with E-state index < -0.39 is 18.0 Å². The summed E-state index contributed by atoms with van der Waals surface area (Å²) in [6.07, 6.45) is 5.66. The Morgan fingerprint density at radius 3 is 2.80 bits per heavy atom. The molecule has 1 spiro atoms. The number of nitrogens with zero attached hydrogens (tertiary/aromatic N) is 4. The lowest BCUT2D eigenvalue weighted by Gasteiger charge is -2.29. The average Bonchev–Trinajstić information content (AvgIpc) is 3.68. The van der Waals surface area contributed by atoms with Crippen molar-refractivity contribution in [3.63, 3.8) is 0 Å². The highest BCUT2D eigenvalue weighted by molar-refractivity contribution is 6.04. The Labute approximate surface area is 174 Å². The summed E-state index contributed by atoms with van der Waals surface area (Å²) in [5, 5.41) is 7.95. The number of benzene rings is 1. The van der Waals surface area contributed by atoms with Crippen molar-refractivity contribution in [3.05, 3.63) is 41.5 Å². The maximum atomic E-state index is 14.4. The summed E-state index contributed by atoms with van der Waals surface area (Å²) in [6.45, 7) is 1.74. The lowest BCUT2D eigenvalue weighted by Crippen LogP contribution is -2.36. The van der Waals surface area contributed by atoms with E-state index in [1.165, 1.54) is 28.9 Å². The summed E-state index contributed by atoms with van der Waals surface area (Å²) in [4.78, 5) is 14.1. The Morgan fingerprint density at radius 1 is 1.33 bits per heavy atom. The van der Waals surface area contributed by atoms with Crippen molar-refractivity contribution in [2.24, 2.45) is 11.3 Å². The Bertz CT molecular complexity index is 1020. The molecular weight excluding hydrogens is 387 g/mol. The molecule has 8 heteroatoms. The molecule has 1 aromatic carbocycles. The van der Waals surface area contributed by atoms with E-state index >= 15 is 0 Å². The van der Waals surface area contributed by atoms with E-state index in [-0.39, 0.29) is 16.8 Å². The largest absolute Gasteiger partial charge is 0.350 e. The predicted molar refractivity (Wildman–Crippen MR) is 106 cm³/mol. The number of ether oxygens (including phenoxy) is 2. The first-order chi connectivity index (χ1) is 14.5. The van der Waals surface area contributed by atoms with Gasteiger partial charge in [-0.2, -0.15) is 0 Å². The fourth-order valence-electron chi connectivity index (χ4n) is 3.38. The summed E-state index contributed by atoms with van der Waals surface area (Å²) >= 11 is 0. The van der Waals surface area contributed by atoms with Gasteiger partial charge in [0.25, 0.3) is 5.91 Å². The highest BCUT2D eigenvalue weighted by Crippen LogP contribution is 2.48. The standard InChI is InChI=1S/C22H23FN4O3/c1-26(19-10-16(6-7-17(19)23)5-4-15-2-3-15)21(28)18-11-27(25-24-18)12-20-29-13-22(8-9-22)14-30-20/h6-7,10-11,15,20H,2-3,8-9,12-14H2,1H3. The molecule has 3 aliphatic rings. The van der Waals surface area contributed by atoms with Gasteiger partial charge in [-0.25, -0.2) is 9.07 Å². The second-order valence-corrected chi connectivity index (χ2v) is 8.45. The van der Waals surface area contributed by atoms with Gasteiger partial charge in [0.1, 0.15) is 5.82 Å². The Hall–Kier alpha value is -2.76. The smallest absolute Gasteiger partial charge is 0.280 e. The number of carbonyl (C=O) groups is 1. The van der Waals surface area contributed by atoms with Crippen molar-refractivity contribution in [2.75, 3.05) is 25.2 Å². The quantitative estimate of drug-likeness (QED) is 0.725. The second kappa shape index (κ2) is 7.49. The molecule has 0 radical (unpaired) electrons. The van der Waals surface area contributed by atoms with Crippen LogP contribution in [0.4, 0.5) is 10.1 Å². The first-order valence-electron chi connectivity index (χ1n) is 10.2. The SMILES string of the molecule is CN(C(=O)c1cn(CC2OCC3(CC3)CO2)nn1)c1cc(C#CC2CC2)ccc1F. The Balaban J connectivity index is 1.25. The van der Waals surface area contributed by atoms with E-state index in [1.807, 2.05) is 0 Å². The molecule has 0 atom stereocenters. The molecule has 30 heavy (non-hydrogen) atoms. The molecule has 0 unspecified atom stereocenters.